The van der Waals surface area contributed by atoms with E-state index in [1.807, 2.05) is 39.0 Å². The molecule has 0 heterocycles. The van der Waals surface area contributed by atoms with Crippen LogP contribution in [0.4, 0.5) is 0 Å². The van der Waals surface area contributed by atoms with Gasteiger partial charge in [0.2, 0.25) is 0 Å². The fraction of sp³-hybridized carbons (Fsp3) is 0.533. The van der Waals surface area contributed by atoms with Crippen LogP contribution >= 0.6 is 0 Å². The summed E-state index contributed by atoms with van der Waals surface area (Å²) in [4.78, 5) is 11.1. The van der Waals surface area contributed by atoms with Gasteiger partial charge in [-0.2, -0.15) is 0 Å². The van der Waals surface area contributed by atoms with Crippen molar-refractivity contribution >= 4 is 5.97 Å². The zero-order chi connectivity index (χ0) is 14.3. The van der Waals surface area contributed by atoms with Crippen molar-refractivity contribution in [1.29, 1.82) is 0 Å². The predicted molar refractivity (Wildman–Crippen MR) is 75.5 cm³/mol. The molecule has 0 fully saturated rings. The van der Waals surface area contributed by atoms with Gasteiger partial charge in [-0.15, -0.1) is 0 Å². The molecule has 1 rings (SSSR count). The van der Waals surface area contributed by atoms with E-state index in [-0.39, 0.29) is 0 Å². The second-order valence-electron chi connectivity index (χ2n) is 4.62. The molecule has 2 N–H and O–H groups in total. The number of nitrogens with one attached hydrogen (secondary N) is 1. The molecular formula is C15H23NO3. The Morgan fingerprint density at radius 1 is 1.42 bits per heavy atom. The van der Waals surface area contributed by atoms with Crippen molar-refractivity contribution in [2.45, 2.75) is 46.3 Å². The monoisotopic (exact) mass is 265 g/mol. The highest BCUT2D eigenvalue weighted by Crippen LogP contribution is 2.22. The van der Waals surface area contributed by atoms with Crippen molar-refractivity contribution in [2.24, 2.45) is 0 Å². The normalized spacial score (nSPS) is 12.2. The lowest BCUT2D eigenvalue weighted by Crippen LogP contribution is -2.27. The lowest BCUT2D eigenvalue weighted by molar-refractivity contribution is -0.145. The number of rotatable bonds is 8. The third kappa shape index (κ3) is 4.91. The number of carboxylic acids is 1. The zero-order valence-electron chi connectivity index (χ0n) is 11.9. The molecule has 1 aromatic carbocycles. The van der Waals surface area contributed by atoms with Crippen LogP contribution in [0.3, 0.4) is 0 Å². The first-order valence-electron chi connectivity index (χ1n) is 6.78. The van der Waals surface area contributed by atoms with Crippen molar-refractivity contribution in [3.05, 3.63) is 29.3 Å². The minimum absolute atomic E-state index is 0.518. The Hall–Kier alpha value is -1.55. The van der Waals surface area contributed by atoms with Gasteiger partial charge in [0.05, 0.1) is 0 Å². The van der Waals surface area contributed by atoms with Crippen LogP contribution in [-0.4, -0.2) is 23.7 Å². The molecule has 0 aliphatic heterocycles. The van der Waals surface area contributed by atoms with Crippen LogP contribution in [0.15, 0.2) is 18.2 Å². The molecule has 0 aliphatic rings. The first-order valence-corrected chi connectivity index (χ1v) is 6.78. The maximum Gasteiger partial charge on any atom is 0.344 e. The molecule has 4 heteroatoms. The highest BCUT2D eigenvalue weighted by Gasteiger charge is 2.19. The number of carboxylic acid groups (broad SMARTS) is 1. The van der Waals surface area contributed by atoms with E-state index < -0.39 is 12.1 Å². The first kappa shape index (κ1) is 15.5. The predicted octanol–water partition coefficient (Wildman–Crippen LogP) is 2.74. The summed E-state index contributed by atoms with van der Waals surface area (Å²) in [6.07, 6.45) is 0.531. The second kappa shape index (κ2) is 7.79. The summed E-state index contributed by atoms with van der Waals surface area (Å²) >= 11 is 0. The van der Waals surface area contributed by atoms with E-state index in [1.165, 1.54) is 0 Å². The average Bonchev–Trinajstić information content (AvgIpc) is 2.37. The molecule has 0 bridgehead atoms. The van der Waals surface area contributed by atoms with Crippen molar-refractivity contribution < 1.29 is 14.6 Å². The number of aliphatic carboxylic acids is 1. The fourth-order valence-corrected chi connectivity index (χ4v) is 1.87. The summed E-state index contributed by atoms with van der Waals surface area (Å²) in [5.74, 6) is -0.246. The Bertz CT molecular complexity index is 418. The molecule has 1 aromatic rings. The van der Waals surface area contributed by atoms with E-state index in [1.54, 1.807) is 0 Å². The molecule has 0 saturated carbocycles. The summed E-state index contributed by atoms with van der Waals surface area (Å²) < 4.78 is 5.66. The molecule has 19 heavy (non-hydrogen) atoms. The Labute approximate surface area is 114 Å². The van der Waals surface area contributed by atoms with Crippen LogP contribution in [0, 0.1) is 6.92 Å². The largest absolute Gasteiger partial charge is 0.479 e. The van der Waals surface area contributed by atoms with Gasteiger partial charge in [0.1, 0.15) is 5.75 Å². The molecule has 4 nitrogen and oxygen atoms in total. The van der Waals surface area contributed by atoms with E-state index in [0.29, 0.717) is 18.7 Å². The van der Waals surface area contributed by atoms with E-state index in [9.17, 15) is 4.79 Å². The highest BCUT2D eigenvalue weighted by molar-refractivity contribution is 5.72. The van der Waals surface area contributed by atoms with Gasteiger partial charge in [-0.3, -0.25) is 0 Å². The van der Waals surface area contributed by atoms with Crippen LogP contribution in [0.1, 0.15) is 37.8 Å². The van der Waals surface area contributed by atoms with Gasteiger partial charge < -0.3 is 15.2 Å². The maximum absolute atomic E-state index is 11.1. The summed E-state index contributed by atoms with van der Waals surface area (Å²) in [6, 6.07) is 5.83. The Balaban J connectivity index is 2.88. The number of hydrogen-bond acceptors (Lipinski definition) is 3. The summed E-state index contributed by atoms with van der Waals surface area (Å²) in [5.41, 5.74) is 2.15. The van der Waals surface area contributed by atoms with Gasteiger partial charge in [0, 0.05) is 12.1 Å². The topological polar surface area (TPSA) is 58.6 Å². The minimum Gasteiger partial charge on any atom is -0.479 e. The van der Waals surface area contributed by atoms with E-state index in [0.717, 1.165) is 24.1 Å². The molecular weight excluding hydrogens is 242 g/mol. The smallest absolute Gasteiger partial charge is 0.344 e. The molecule has 0 amide bonds. The van der Waals surface area contributed by atoms with Crippen LogP contribution in [0.2, 0.25) is 0 Å². The van der Waals surface area contributed by atoms with E-state index >= 15 is 0 Å². The third-order valence-electron chi connectivity index (χ3n) is 2.88. The van der Waals surface area contributed by atoms with Crippen molar-refractivity contribution in [1.82, 2.24) is 5.32 Å². The minimum atomic E-state index is -0.906. The third-order valence-corrected chi connectivity index (χ3v) is 2.88. The van der Waals surface area contributed by atoms with Crippen molar-refractivity contribution in [2.75, 3.05) is 6.54 Å². The van der Waals surface area contributed by atoms with Gasteiger partial charge >= 0.3 is 5.97 Å². The second-order valence-corrected chi connectivity index (χ2v) is 4.62. The summed E-state index contributed by atoms with van der Waals surface area (Å²) in [5, 5.41) is 12.4. The number of hydrogen-bond donors (Lipinski definition) is 2. The van der Waals surface area contributed by atoms with Crippen LogP contribution in [0.25, 0.3) is 0 Å². The Morgan fingerprint density at radius 2 is 2.16 bits per heavy atom. The highest BCUT2D eigenvalue weighted by atomic mass is 16.5. The quantitative estimate of drug-likeness (QED) is 0.759. The number of ether oxygens (including phenoxy) is 1. The summed E-state index contributed by atoms with van der Waals surface area (Å²) in [6.45, 7) is 7.55. The first-order chi connectivity index (χ1) is 9.08. The van der Waals surface area contributed by atoms with E-state index in [2.05, 4.69) is 5.32 Å². The molecule has 1 unspecified atom stereocenters. The molecule has 0 aliphatic carbocycles. The molecule has 106 valence electrons. The van der Waals surface area contributed by atoms with Gasteiger partial charge in [0.25, 0.3) is 0 Å². The van der Waals surface area contributed by atoms with Gasteiger partial charge in [0.15, 0.2) is 6.10 Å². The molecule has 0 saturated heterocycles. The molecule has 1 atom stereocenters. The van der Waals surface area contributed by atoms with Gasteiger partial charge in [-0.25, -0.2) is 4.79 Å². The Morgan fingerprint density at radius 3 is 2.74 bits per heavy atom. The fourth-order valence-electron chi connectivity index (χ4n) is 1.87. The summed E-state index contributed by atoms with van der Waals surface area (Å²) in [7, 11) is 0. The standard InChI is InChI=1S/C15H23NO3/c1-4-6-14(15(17)18)19-13-8-7-11(3)9-12(13)10-16-5-2/h7-9,14,16H,4-6,10H2,1-3H3,(H,17,18). The van der Waals surface area contributed by atoms with Gasteiger partial charge in [-0.1, -0.05) is 38.0 Å². The zero-order valence-corrected chi connectivity index (χ0v) is 11.9. The average molecular weight is 265 g/mol. The van der Waals surface area contributed by atoms with Gasteiger partial charge in [-0.05, 0) is 26.0 Å². The molecule has 0 spiro atoms. The van der Waals surface area contributed by atoms with Crippen molar-refractivity contribution in [3.8, 4) is 5.75 Å². The number of benzene rings is 1. The lowest BCUT2D eigenvalue weighted by Gasteiger charge is -2.18. The number of carbonyl (C=O) groups is 1. The Kier molecular flexibility index (Phi) is 6.36. The van der Waals surface area contributed by atoms with Crippen LogP contribution in [-0.2, 0) is 11.3 Å². The van der Waals surface area contributed by atoms with E-state index in [4.69, 9.17) is 9.84 Å². The van der Waals surface area contributed by atoms with Crippen molar-refractivity contribution in [3.63, 3.8) is 0 Å². The maximum atomic E-state index is 11.1. The SMILES string of the molecule is CCCC(Oc1ccc(C)cc1CNCC)C(=O)O. The lowest BCUT2D eigenvalue weighted by atomic mass is 10.1. The number of aryl methyl sites for hydroxylation is 1. The van der Waals surface area contributed by atoms with Crippen LogP contribution in [0.5, 0.6) is 5.75 Å². The molecule has 0 aromatic heterocycles. The molecule has 0 radical (unpaired) electrons. The van der Waals surface area contributed by atoms with Crippen LogP contribution < -0.4 is 10.1 Å².